The molecule has 0 saturated carbocycles. The molecule has 0 spiro atoms. The Hall–Kier alpha value is -0.570. The van der Waals surface area contributed by atoms with Gasteiger partial charge in [-0.1, -0.05) is 6.92 Å². The zero-order valence-corrected chi connectivity index (χ0v) is 7.26. The van der Waals surface area contributed by atoms with Crippen LogP contribution in [0.2, 0.25) is 0 Å². The first-order valence-corrected chi connectivity index (χ1v) is 4.16. The lowest BCUT2D eigenvalue weighted by atomic mass is 10.0. The number of nitrogens with zero attached hydrogens (tertiary/aromatic N) is 1. The molecule has 1 fully saturated rings. The van der Waals surface area contributed by atoms with E-state index in [1.54, 1.807) is 0 Å². The van der Waals surface area contributed by atoms with Crippen molar-refractivity contribution in [3.63, 3.8) is 0 Å². The molecule has 3 nitrogen and oxygen atoms in total. The summed E-state index contributed by atoms with van der Waals surface area (Å²) in [6, 6.07) is 0. The highest BCUT2D eigenvalue weighted by atomic mass is 16.2. The average Bonchev–Trinajstić information content (AvgIpc) is 1.94. The normalized spacial score (nSPS) is 18.2. The molecule has 11 heavy (non-hydrogen) atoms. The van der Waals surface area contributed by atoms with Crippen molar-refractivity contribution >= 4 is 5.91 Å². The molecule has 1 amide bonds. The topological polar surface area (TPSA) is 32.3 Å². The van der Waals surface area contributed by atoms with Crippen LogP contribution < -0.4 is 5.32 Å². The SMILES string of the molecule is CNCCC(=O)N1CC(C)C1. The predicted molar refractivity (Wildman–Crippen MR) is 44.3 cm³/mol. The molecule has 64 valence electrons. The summed E-state index contributed by atoms with van der Waals surface area (Å²) in [5.74, 6) is 1.01. The van der Waals surface area contributed by atoms with E-state index in [2.05, 4.69) is 12.2 Å². The van der Waals surface area contributed by atoms with Gasteiger partial charge in [-0.15, -0.1) is 0 Å². The van der Waals surface area contributed by atoms with Crippen LogP contribution in [0.25, 0.3) is 0 Å². The van der Waals surface area contributed by atoms with E-state index in [4.69, 9.17) is 0 Å². The van der Waals surface area contributed by atoms with Crippen LogP contribution in [0, 0.1) is 5.92 Å². The average molecular weight is 156 g/mol. The number of hydrogen-bond donors (Lipinski definition) is 1. The molecule has 1 saturated heterocycles. The second-order valence-corrected chi connectivity index (χ2v) is 3.26. The second-order valence-electron chi connectivity index (χ2n) is 3.26. The van der Waals surface area contributed by atoms with Crippen LogP contribution in [0.5, 0.6) is 0 Å². The van der Waals surface area contributed by atoms with Gasteiger partial charge in [0.25, 0.3) is 0 Å². The number of nitrogens with one attached hydrogen (secondary N) is 1. The first kappa shape index (κ1) is 8.53. The fraction of sp³-hybridized carbons (Fsp3) is 0.875. The highest BCUT2D eigenvalue weighted by molar-refractivity contribution is 5.77. The zero-order valence-electron chi connectivity index (χ0n) is 7.26. The standard InChI is InChI=1S/C8H16N2O/c1-7-5-10(6-7)8(11)3-4-9-2/h7,9H,3-6H2,1-2H3. The lowest BCUT2D eigenvalue weighted by Gasteiger charge is -2.37. The van der Waals surface area contributed by atoms with Crippen molar-refractivity contribution < 1.29 is 4.79 Å². The van der Waals surface area contributed by atoms with Gasteiger partial charge in [0, 0.05) is 26.1 Å². The van der Waals surface area contributed by atoms with Crippen molar-refractivity contribution in [2.45, 2.75) is 13.3 Å². The van der Waals surface area contributed by atoms with Crippen molar-refractivity contribution in [1.82, 2.24) is 10.2 Å². The summed E-state index contributed by atoms with van der Waals surface area (Å²) in [7, 11) is 1.87. The molecular formula is C8H16N2O. The van der Waals surface area contributed by atoms with Crippen molar-refractivity contribution in [1.29, 1.82) is 0 Å². The second kappa shape index (κ2) is 3.72. The number of rotatable bonds is 3. The maximum Gasteiger partial charge on any atom is 0.223 e. The Balaban J connectivity index is 2.11. The van der Waals surface area contributed by atoms with E-state index in [0.29, 0.717) is 12.3 Å². The maximum atomic E-state index is 11.2. The summed E-state index contributed by atoms with van der Waals surface area (Å²) < 4.78 is 0. The fourth-order valence-corrected chi connectivity index (χ4v) is 1.29. The first-order chi connectivity index (χ1) is 5.24. The van der Waals surface area contributed by atoms with Crippen LogP contribution in [0.15, 0.2) is 0 Å². The third-order valence-corrected chi connectivity index (χ3v) is 2.01. The van der Waals surface area contributed by atoms with Crippen LogP contribution in [-0.4, -0.2) is 37.5 Å². The molecule has 0 bridgehead atoms. The first-order valence-electron chi connectivity index (χ1n) is 4.16. The van der Waals surface area contributed by atoms with Crippen LogP contribution in [0.4, 0.5) is 0 Å². The number of carbonyl (C=O) groups is 1. The van der Waals surface area contributed by atoms with Gasteiger partial charge in [-0.05, 0) is 13.0 Å². The predicted octanol–water partition coefficient (Wildman–Crippen LogP) is 0.0742. The Kier molecular flexibility index (Phi) is 2.88. The number of carbonyl (C=O) groups excluding carboxylic acids is 1. The van der Waals surface area contributed by atoms with E-state index >= 15 is 0 Å². The summed E-state index contributed by atoms with van der Waals surface area (Å²) >= 11 is 0. The van der Waals surface area contributed by atoms with Crippen LogP contribution in [0.3, 0.4) is 0 Å². The van der Waals surface area contributed by atoms with E-state index in [-0.39, 0.29) is 5.91 Å². The molecule has 0 aromatic heterocycles. The van der Waals surface area contributed by atoms with Gasteiger partial charge >= 0.3 is 0 Å². The summed E-state index contributed by atoms with van der Waals surface area (Å²) in [6.45, 7) is 4.89. The quantitative estimate of drug-likeness (QED) is 0.627. The highest BCUT2D eigenvalue weighted by Gasteiger charge is 2.25. The molecule has 0 aromatic carbocycles. The number of amides is 1. The van der Waals surface area contributed by atoms with E-state index in [9.17, 15) is 4.79 Å². The van der Waals surface area contributed by atoms with Crippen molar-refractivity contribution in [2.75, 3.05) is 26.7 Å². The van der Waals surface area contributed by atoms with E-state index in [1.165, 1.54) is 0 Å². The minimum absolute atomic E-state index is 0.289. The van der Waals surface area contributed by atoms with Crippen molar-refractivity contribution in [2.24, 2.45) is 5.92 Å². The zero-order chi connectivity index (χ0) is 8.27. The van der Waals surface area contributed by atoms with Gasteiger partial charge < -0.3 is 10.2 Å². The van der Waals surface area contributed by atoms with E-state index in [1.807, 2.05) is 11.9 Å². The summed E-state index contributed by atoms with van der Waals surface area (Å²) in [5, 5.41) is 2.97. The smallest absolute Gasteiger partial charge is 0.223 e. The van der Waals surface area contributed by atoms with Gasteiger partial charge in [0.1, 0.15) is 0 Å². The maximum absolute atomic E-state index is 11.2. The molecule has 1 rings (SSSR count). The summed E-state index contributed by atoms with van der Waals surface area (Å²) in [4.78, 5) is 13.1. The van der Waals surface area contributed by atoms with Gasteiger partial charge in [-0.3, -0.25) is 4.79 Å². The Bertz CT molecular complexity index is 141. The van der Waals surface area contributed by atoms with Gasteiger partial charge in [-0.2, -0.15) is 0 Å². The van der Waals surface area contributed by atoms with Crippen LogP contribution in [-0.2, 0) is 4.79 Å². The van der Waals surface area contributed by atoms with Crippen molar-refractivity contribution in [3.8, 4) is 0 Å². The third-order valence-electron chi connectivity index (χ3n) is 2.01. The van der Waals surface area contributed by atoms with Crippen LogP contribution >= 0.6 is 0 Å². The Morgan fingerprint density at radius 2 is 2.27 bits per heavy atom. The molecule has 3 heteroatoms. The molecule has 0 unspecified atom stereocenters. The van der Waals surface area contributed by atoms with Gasteiger partial charge in [0.2, 0.25) is 5.91 Å². The summed E-state index contributed by atoms with van der Waals surface area (Å²) in [5.41, 5.74) is 0. The molecule has 0 aliphatic carbocycles. The van der Waals surface area contributed by atoms with E-state index < -0.39 is 0 Å². The van der Waals surface area contributed by atoms with E-state index in [0.717, 1.165) is 19.6 Å². The lowest BCUT2D eigenvalue weighted by molar-refractivity contribution is -0.136. The molecule has 0 atom stereocenters. The molecule has 0 radical (unpaired) electrons. The molecule has 1 aliphatic heterocycles. The molecular weight excluding hydrogens is 140 g/mol. The third kappa shape index (κ3) is 2.19. The minimum Gasteiger partial charge on any atom is -0.342 e. The fourth-order valence-electron chi connectivity index (χ4n) is 1.29. The molecule has 1 aliphatic rings. The van der Waals surface area contributed by atoms with Crippen molar-refractivity contribution in [3.05, 3.63) is 0 Å². The van der Waals surface area contributed by atoms with Gasteiger partial charge in [-0.25, -0.2) is 0 Å². The summed E-state index contributed by atoms with van der Waals surface area (Å²) in [6.07, 6.45) is 0.642. The number of likely N-dealkylation sites (tertiary alicyclic amines) is 1. The Morgan fingerprint density at radius 1 is 1.64 bits per heavy atom. The monoisotopic (exact) mass is 156 g/mol. The lowest BCUT2D eigenvalue weighted by Crippen LogP contribution is -2.49. The highest BCUT2D eigenvalue weighted by Crippen LogP contribution is 2.14. The van der Waals surface area contributed by atoms with Gasteiger partial charge in [0.15, 0.2) is 0 Å². The Labute approximate surface area is 67.8 Å². The minimum atomic E-state index is 0.289. The Morgan fingerprint density at radius 3 is 2.73 bits per heavy atom. The molecule has 1 heterocycles. The largest absolute Gasteiger partial charge is 0.342 e. The van der Waals surface area contributed by atoms with Crippen LogP contribution in [0.1, 0.15) is 13.3 Å². The molecule has 1 N–H and O–H groups in total. The molecule has 0 aromatic rings. The number of hydrogen-bond acceptors (Lipinski definition) is 2. The van der Waals surface area contributed by atoms with Gasteiger partial charge in [0.05, 0.1) is 0 Å².